The molecule has 0 saturated carbocycles. The standard InChI is InChI=1S/C27H19Cl2N3O4/c28-19-8-5-7-18(14-19)26(34)30-16-25(33)32-31-15-22-20-9-2-1-6-17(20)12-13-24(22)36-27(35)21-10-3-4-11-23(21)29/h1-15H,16H2,(H,30,34)(H,32,33)/b31-15-. The molecule has 9 heteroatoms. The van der Waals surface area contributed by atoms with E-state index in [9.17, 15) is 14.4 Å². The van der Waals surface area contributed by atoms with Gasteiger partial charge in [0, 0.05) is 16.1 Å². The number of benzene rings is 4. The Balaban J connectivity index is 1.48. The number of hydrazone groups is 1. The van der Waals surface area contributed by atoms with Crippen LogP contribution in [0.15, 0.2) is 90.0 Å². The van der Waals surface area contributed by atoms with E-state index in [0.717, 1.165) is 10.8 Å². The van der Waals surface area contributed by atoms with Crippen LogP contribution in [0, 0.1) is 0 Å². The highest BCUT2D eigenvalue weighted by molar-refractivity contribution is 6.33. The van der Waals surface area contributed by atoms with Gasteiger partial charge in [0.2, 0.25) is 0 Å². The van der Waals surface area contributed by atoms with Crippen molar-refractivity contribution in [1.82, 2.24) is 10.7 Å². The number of carbonyl (C=O) groups excluding carboxylic acids is 3. The van der Waals surface area contributed by atoms with Gasteiger partial charge in [-0.1, -0.05) is 71.7 Å². The van der Waals surface area contributed by atoms with Crippen LogP contribution < -0.4 is 15.5 Å². The predicted octanol–water partition coefficient (Wildman–Crippen LogP) is 5.25. The van der Waals surface area contributed by atoms with Crippen LogP contribution in [0.5, 0.6) is 5.75 Å². The monoisotopic (exact) mass is 519 g/mol. The Morgan fingerprint density at radius 3 is 2.47 bits per heavy atom. The first-order valence-corrected chi connectivity index (χ1v) is 11.5. The molecule has 4 aromatic rings. The largest absolute Gasteiger partial charge is 0.422 e. The summed E-state index contributed by atoms with van der Waals surface area (Å²) in [7, 11) is 0. The van der Waals surface area contributed by atoms with Crippen LogP contribution >= 0.6 is 23.2 Å². The van der Waals surface area contributed by atoms with Crippen LogP contribution in [0.3, 0.4) is 0 Å². The van der Waals surface area contributed by atoms with Gasteiger partial charge in [-0.25, -0.2) is 10.2 Å². The molecule has 0 saturated heterocycles. The van der Waals surface area contributed by atoms with Crippen LogP contribution in [0.4, 0.5) is 0 Å². The van der Waals surface area contributed by atoms with Gasteiger partial charge >= 0.3 is 5.97 Å². The number of carbonyl (C=O) groups is 3. The number of hydrogen-bond acceptors (Lipinski definition) is 5. The quantitative estimate of drug-likeness (QED) is 0.151. The summed E-state index contributed by atoms with van der Waals surface area (Å²) in [5.74, 6) is -1.37. The number of fused-ring (bicyclic) bond motifs is 1. The molecule has 0 atom stereocenters. The first-order valence-electron chi connectivity index (χ1n) is 10.8. The molecule has 0 heterocycles. The van der Waals surface area contributed by atoms with Crippen molar-refractivity contribution in [2.24, 2.45) is 5.10 Å². The number of nitrogens with one attached hydrogen (secondary N) is 2. The lowest BCUT2D eigenvalue weighted by Gasteiger charge is -2.11. The number of hydrogen-bond donors (Lipinski definition) is 2. The Morgan fingerprint density at radius 1 is 0.889 bits per heavy atom. The summed E-state index contributed by atoms with van der Waals surface area (Å²) < 4.78 is 5.62. The molecule has 2 amide bonds. The molecular weight excluding hydrogens is 501 g/mol. The highest BCUT2D eigenvalue weighted by Crippen LogP contribution is 2.28. The highest BCUT2D eigenvalue weighted by atomic mass is 35.5. The Kier molecular flexibility index (Phi) is 7.95. The highest BCUT2D eigenvalue weighted by Gasteiger charge is 2.16. The third-order valence-corrected chi connectivity index (χ3v) is 5.67. The summed E-state index contributed by atoms with van der Waals surface area (Å²) in [6, 6.07) is 23.9. The summed E-state index contributed by atoms with van der Waals surface area (Å²) >= 11 is 12.0. The van der Waals surface area contributed by atoms with Gasteiger partial charge in [0.25, 0.3) is 11.8 Å². The Hall–Kier alpha value is -4.20. The van der Waals surface area contributed by atoms with Gasteiger partial charge in [-0.05, 0) is 47.2 Å². The van der Waals surface area contributed by atoms with E-state index in [1.165, 1.54) is 12.3 Å². The first kappa shape index (κ1) is 24.9. The third-order valence-electron chi connectivity index (χ3n) is 5.11. The number of amides is 2. The topological polar surface area (TPSA) is 96.9 Å². The SMILES string of the molecule is O=C(CNC(=O)c1cccc(Cl)c1)N/N=C\c1c(OC(=O)c2ccccc2Cl)ccc2ccccc12. The maximum absolute atomic E-state index is 12.7. The molecule has 7 nitrogen and oxygen atoms in total. The lowest BCUT2D eigenvalue weighted by atomic mass is 10.0. The Morgan fingerprint density at radius 2 is 1.67 bits per heavy atom. The van der Waals surface area contributed by atoms with Crippen LogP contribution in [-0.4, -0.2) is 30.5 Å². The fourth-order valence-corrected chi connectivity index (χ4v) is 3.78. The van der Waals surface area contributed by atoms with E-state index < -0.39 is 17.8 Å². The van der Waals surface area contributed by atoms with E-state index >= 15 is 0 Å². The zero-order valence-corrected chi connectivity index (χ0v) is 20.2. The fourth-order valence-electron chi connectivity index (χ4n) is 3.38. The minimum absolute atomic E-state index is 0.221. The molecule has 4 rings (SSSR count). The normalized spacial score (nSPS) is 10.8. The fraction of sp³-hybridized carbons (Fsp3) is 0.0370. The molecule has 180 valence electrons. The maximum Gasteiger partial charge on any atom is 0.345 e. The van der Waals surface area contributed by atoms with E-state index in [2.05, 4.69) is 15.8 Å². The van der Waals surface area contributed by atoms with Crippen molar-refractivity contribution < 1.29 is 19.1 Å². The number of rotatable bonds is 7. The van der Waals surface area contributed by atoms with Crippen molar-refractivity contribution >= 4 is 58.0 Å². The Labute approximate surface area is 216 Å². The minimum Gasteiger partial charge on any atom is -0.422 e. The van der Waals surface area contributed by atoms with Crippen LogP contribution in [-0.2, 0) is 4.79 Å². The molecular formula is C27H19Cl2N3O4. The molecule has 0 aliphatic heterocycles. The van der Waals surface area contributed by atoms with Crippen LogP contribution in [0.1, 0.15) is 26.3 Å². The van der Waals surface area contributed by atoms with E-state index in [0.29, 0.717) is 16.1 Å². The smallest absolute Gasteiger partial charge is 0.345 e. The first-order chi connectivity index (χ1) is 17.4. The number of ether oxygens (including phenoxy) is 1. The van der Waals surface area contributed by atoms with Crippen molar-refractivity contribution in [2.45, 2.75) is 0 Å². The van der Waals surface area contributed by atoms with E-state index in [1.54, 1.807) is 48.5 Å². The molecule has 2 N–H and O–H groups in total. The minimum atomic E-state index is -0.627. The number of halogens is 2. The molecule has 0 aliphatic rings. The van der Waals surface area contributed by atoms with Gasteiger partial charge in [-0.15, -0.1) is 0 Å². The predicted molar refractivity (Wildman–Crippen MR) is 140 cm³/mol. The Bertz CT molecular complexity index is 1490. The second kappa shape index (κ2) is 11.5. The second-order valence-electron chi connectivity index (χ2n) is 7.55. The van der Waals surface area contributed by atoms with Crippen molar-refractivity contribution in [3.63, 3.8) is 0 Å². The molecule has 0 aliphatic carbocycles. The molecule has 36 heavy (non-hydrogen) atoms. The lowest BCUT2D eigenvalue weighted by molar-refractivity contribution is -0.120. The second-order valence-corrected chi connectivity index (χ2v) is 8.40. The summed E-state index contributed by atoms with van der Waals surface area (Å²) in [5, 5.41) is 8.83. The van der Waals surface area contributed by atoms with Crippen molar-refractivity contribution in [3.8, 4) is 5.75 Å². The molecule has 0 unspecified atom stereocenters. The van der Waals surface area contributed by atoms with E-state index in [4.69, 9.17) is 27.9 Å². The molecule has 0 aromatic heterocycles. The van der Waals surface area contributed by atoms with E-state index in [1.807, 2.05) is 30.3 Å². The zero-order valence-electron chi connectivity index (χ0n) is 18.7. The average Bonchev–Trinajstić information content (AvgIpc) is 2.88. The van der Waals surface area contributed by atoms with Gasteiger partial charge in [0.05, 0.1) is 23.3 Å². The zero-order chi connectivity index (χ0) is 25.5. The van der Waals surface area contributed by atoms with Gasteiger partial charge < -0.3 is 10.1 Å². The van der Waals surface area contributed by atoms with Crippen LogP contribution in [0.2, 0.25) is 10.0 Å². The lowest BCUT2D eigenvalue weighted by Crippen LogP contribution is -2.34. The summed E-state index contributed by atoms with van der Waals surface area (Å²) in [4.78, 5) is 37.1. The van der Waals surface area contributed by atoms with E-state index in [-0.39, 0.29) is 22.9 Å². The van der Waals surface area contributed by atoms with Crippen molar-refractivity contribution in [1.29, 1.82) is 0 Å². The van der Waals surface area contributed by atoms with Crippen LogP contribution in [0.25, 0.3) is 10.8 Å². The molecule has 4 aromatic carbocycles. The van der Waals surface area contributed by atoms with Gasteiger partial charge in [0.15, 0.2) is 0 Å². The van der Waals surface area contributed by atoms with Crippen molar-refractivity contribution in [3.05, 3.63) is 112 Å². The maximum atomic E-state index is 12.7. The molecule has 0 spiro atoms. The average molecular weight is 520 g/mol. The van der Waals surface area contributed by atoms with Gasteiger partial charge in [-0.2, -0.15) is 5.10 Å². The summed E-state index contributed by atoms with van der Waals surface area (Å²) in [6.45, 7) is -0.299. The summed E-state index contributed by atoms with van der Waals surface area (Å²) in [5.41, 5.74) is 3.40. The third kappa shape index (κ3) is 6.07. The van der Waals surface area contributed by atoms with Gasteiger partial charge in [0.1, 0.15) is 5.75 Å². The molecule has 0 fully saturated rings. The van der Waals surface area contributed by atoms with Gasteiger partial charge in [-0.3, -0.25) is 9.59 Å². The number of esters is 1. The number of nitrogens with zero attached hydrogens (tertiary/aromatic N) is 1. The van der Waals surface area contributed by atoms with Crippen molar-refractivity contribution in [2.75, 3.05) is 6.54 Å². The summed E-state index contributed by atoms with van der Waals surface area (Å²) in [6.07, 6.45) is 1.38. The molecule has 0 bridgehead atoms. The molecule has 0 radical (unpaired) electrons.